The molecule has 2 aromatic carbocycles. The molecule has 29 heavy (non-hydrogen) atoms. The number of hydrogen-bond donors (Lipinski definition) is 2. The number of thioether (sulfide) groups is 1. The molecule has 2 heterocycles. The van der Waals surface area contributed by atoms with E-state index in [1.807, 2.05) is 36.4 Å². The molecular formula is C22H26N4O2S. The number of rotatable bonds is 4. The van der Waals surface area contributed by atoms with Crippen LogP contribution in [0.4, 0.5) is 17.1 Å². The number of nitrogens with one attached hydrogen (secondary N) is 2. The van der Waals surface area contributed by atoms with Gasteiger partial charge in [-0.3, -0.25) is 14.5 Å². The maximum Gasteiger partial charge on any atom is 0.255 e. The summed E-state index contributed by atoms with van der Waals surface area (Å²) in [6.45, 7) is 8.60. The summed E-state index contributed by atoms with van der Waals surface area (Å²) in [7, 11) is 0. The van der Waals surface area contributed by atoms with Crippen molar-refractivity contribution in [2.45, 2.75) is 24.8 Å². The van der Waals surface area contributed by atoms with Crippen molar-refractivity contribution in [2.75, 3.05) is 47.5 Å². The molecule has 2 aliphatic rings. The van der Waals surface area contributed by atoms with Gasteiger partial charge in [0.15, 0.2) is 0 Å². The zero-order chi connectivity index (χ0) is 20.4. The van der Waals surface area contributed by atoms with Crippen LogP contribution >= 0.6 is 11.8 Å². The molecule has 0 bridgehead atoms. The predicted octanol–water partition coefficient (Wildman–Crippen LogP) is 3.51. The van der Waals surface area contributed by atoms with Crippen molar-refractivity contribution in [2.24, 2.45) is 0 Å². The van der Waals surface area contributed by atoms with Crippen LogP contribution in [0.5, 0.6) is 0 Å². The normalized spacial score (nSPS) is 17.1. The quantitative estimate of drug-likeness (QED) is 0.808. The third-order valence-electron chi connectivity index (χ3n) is 5.41. The Bertz CT molecular complexity index is 906. The van der Waals surface area contributed by atoms with Crippen LogP contribution in [0.15, 0.2) is 47.4 Å². The van der Waals surface area contributed by atoms with Gasteiger partial charge < -0.3 is 15.5 Å². The van der Waals surface area contributed by atoms with E-state index in [1.165, 1.54) is 11.8 Å². The van der Waals surface area contributed by atoms with Gasteiger partial charge in [0.25, 0.3) is 5.91 Å². The molecule has 7 heteroatoms. The van der Waals surface area contributed by atoms with E-state index < -0.39 is 0 Å². The fourth-order valence-electron chi connectivity index (χ4n) is 3.68. The Hall–Kier alpha value is -2.51. The third-order valence-corrected chi connectivity index (χ3v) is 6.48. The minimum Gasteiger partial charge on any atom is -0.369 e. The second kappa shape index (κ2) is 8.47. The van der Waals surface area contributed by atoms with Crippen LogP contribution in [0.1, 0.15) is 24.2 Å². The topological polar surface area (TPSA) is 64.7 Å². The van der Waals surface area contributed by atoms with Crippen LogP contribution in [0.2, 0.25) is 0 Å². The van der Waals surface area contributed by atoms with E-state index in [0.29, 0.717) is 23.0 Å². The predicted molar refractivity (Wildman–Crippen MR) is 119 cm³/mol. The van der Waals surface area contributed by atoms with Crippen LogP contribution in [-0.4, -0.2) is 54.7 Å². The molecule has 0 aliphatic carbocycles. The van der Waals surface area contributed by atoms with Gasteiger partial charge in [-0.15, -0.1) is 11.8 Å². The van der Waals surface area contributed by atoms with Gasteiger partial charge in [-0.1, -0.05) is 0 Å². The average molecular weight is 411 g/mol. The third kappa shape index (κ3) is 4.57. The highest BCUT2D eigenvalue weighted by Crippen LogP contribution is 2.33. The highest BCUT2D eigenvalue weighted by molar-refractivity contribution is 8.00. The number of carbonyl (C=O) groups is 2. The lowest BCUT2D eigenvalue weighted by atomic mass is 10.1. The van der Waals surface area contributed by atoms with Crippen LogP contribution in [0.3, 0.4) is 0 Å². The summed E-state index contributed by atoms with van der Waals surface area (Å²) >= 11 is 1.51. The van der Waals surface area contributed by atoms with Crippen molar-refractivity contribution in [3.8, 4) is 0 Å². The molecule has 2 aromatic rings. The number of amides is 2. The summed E-state index contributed by atoms with van der Waals surface area (Å²) in [4.78, 5) is 30.1. The first-order valence-electron chi connectivity index (χ1n) is 9.97. The fraction of sp³-hybridized carbons (Fsp3) is 0.364. The number of nitrogens with zero attached hydrogens (tertiary/aromatic N) is 2. The molecule has 0 unspecified atom stereocenters. The highest BCUT2D eigenvalue weighted by Gasteiger charge is 2.19. The van der Waals surface area contributed by atoms with Crippen LogP contribution in [0, 0.1) is 0 Å². The number of benzene rings is 2. The number of anilines is 3. The molecule has 0 spiro atoms. The Morgan fingerprint density at radius 3 is 2.48 bits per heavy atom. The van der Waals surface area contributed by atoms with Gasteiger partial charge in [0.2, 0.25) is 5.91 Å². The van der Waals surface area contributed by atoms with Gasteiger partial charge in [0, 0.05) is 54.1 Å². The Kier molecular flexibility index (Phi) is 5.78. The summed E-state index contributed by atoms with van der Waals surface area (Å²) in [5, 5.41) is 5.77. The zero-order valence-corrected chi connectivity index (χ0v) is 17.6. The smallest absolute Gasteiger partial charge is 0.255 e. The summed E-state index contributed by atoms with van der Waals surface area (Å²) in [5.74, 6) is 0.254. The average Bonchev–Trinajstić information content (AvgIpc) is 2.73. The molecule has 6 nitrogen and oxygen atoms in total. The molecule has 1 saturated heterocycles. The lowest BCUT2D eigenvalue weighted by Crippen LogP contribution is -2.48. The van der Waals surface area contributed by atoms with Gasteiger partial charge in [-0.05, 0) is 56.3 Å². The van der Waals surface area contributed by atoms with Gasteiger partial charge in [-0.25, -0.2) is 0 Å². The lowest BCUT2D eigenvalue weighted by Gasteiger charge is -2.38. The van der Waals surface area contributed by atoms with Crippen molar-refractivity contribution >= 4 is 40.6 Å². The summed E-state index contributed by atoms with van der Waals surface area (Å²) in [6.07, 6.45) is 0. The van der Waals surface area contributed by atoms with E-state index in [4.69, 9.17) is 0 Å². The van der Waals surface area contributed by atoms with Crippen molar-refractivity contribution < 1.29 is 9.59 Å². The standard InChI is InChI=1S/C22H26N4O2S/c1-15(2)25-9-11-26(12-10-25)18-6-3-16(4-7-18)22(28)23-17-5-8-20-19(13-17)24-21(27)14-29-20/h3-8,13,15H,9-12,14H2,1-2H3,(H,23,28)(H,24,27). The summed E-state index contributed by atoms with van der Waals surface area (Å²) < 4.78 is 0. The Morgan fingerprint density at radius 1 is 1.07 bits per heavy atom. The fourth-order valence-corrected chi connectivity index (χ4v) is 4.47. The lowest BCUT2D eigenvalue weighted by molar-refractivity contribution is -0.113. The Morgan fingerprint density at radius 2 is 1.79 bits per heavy atom. The van der Waals surface area contributed by atoms with E-state index in [2.05, 4.69) is 34.3 Å². The van der Waals surface area contributed by atoms with Crippen molar-refractivity contribution in [1.29, 1.82) is 0 Å². The minimum absolute atomic E-state index is 0.0178. The summed E-state index contributed by atoms with van der Waals surface area (Å²) in [6, 6.07) is 14.0. The number of hydrogen-bond acceptors (Lipinski definition) is 5. The molecule has 0 saturated carbocycles. The van der Waals surface area contributed by atoms with Crippen LogP contribution < -0.4 is 15.5 Å². The number of piperazine rings is 1. The number of fused-ring (bicyclic) bond motifs is 1. The van der Waals surface area contributed by atoms with Crippen molar-refractivity contribution in [3.05, 3.63) is 48.0 Å². The minimum atomic E-state index is -0.157. The summed E-state index contributed by atoms with van der Waals surface area (Å²) in [5.41, 5.74) is 3.19. The van der Waals surface area contributed by atoms with E-state index in [0.717, 1.165) is 42.4 Å². The van der Waals surface area contributed by atoms with E-state index in [9.17, 15) is 9.59 Å². The van der Waals surface area contributed by atoms with E-state index >= 15 is 0 Å². The highest BCUT2D eigenvalue weighted by atomic mass is 32.2. The van der Waals surface area contributed by atoms with Gasteiger partial charge >= 0.3 is 0 Å². The van der Waals surface area contributed by atoms with Crippen LogP contribution in [0.25, 0.3) is 0 Å². The second-order valence-corrected chi connectivity index (χ2v) is 8.68. The van der Waals surface area contributed by atoms with Crippen LogP contribution in [-0.2, 0) is 4.79 Å². The zero-order valence-electron chi connectivity index (χ0n) is 16.8. The maximum atomic E-state index is 12.6. The molecule has 4 rings (SSSR count). The largest absolute Gasteiger partial charge is 0.369 e. The monoisotopic (exact) mass is 410 g/mol. The van der Waals surface area contributed by atoms with Gasteiger partial charge in [0.1, 0.15) is 0 Å². The molecule has 1 fully saturated rings. The molecule has 0 aromatic heterocycles. The Labute approximate surface area is 175 Å². The van der Waals surface area contributed by atoms with Crippen molar-refractivity contribution in [3.63, 3.8) is 0 Å². The second-order valence-electron chi connectivity index (χ2n) is 7.67. The van der Waals surface area contributed by atoms with E-state index in [-0.39, 0.29) is 11.8 Å². The first-order chi connectivity index (χ1) is 14.0. The molecule has 2 amide bonds. The maximum absolute atomic E-state index is 12.6. The molecule has 0 atom stereocenters. The van der Waals surface area contributed by atoms with Crippen molar-refractivity contribution in [1.82, 2.24) is 4.90 Å². The molecule has 2 aliphatic heterocycles. The molecule has 0 radical (unpaired) electrons. The number of carbonyl (C=O) groups excluding carboxylic acids is 2. The molecule has 152 valence electrons. The Balaban J connectivity index is 1.39. The molecule has 2 N–H and O–H groups in total. The van der Waals surface area contributed by atoms with Gasteiger partial charge in [-0.2, -0.15) is 0 Å². The van der Waals surface area contributed by atoms with E-state index in [1.54, 1.807) is 6.07 Å². The first kappa shape index (κ1) is 19.8. The molecular weight excluding hydrogens is 384 g/mol. The first-order valence-corrected chi connectivity index (χ1v) is 11.0. The van der Waals surface area contributed by atoms with Gasteiger partial charge in [0.05, 0.1) is 11.4 Å². The SMILES string of the molecule is CC(C)N1CCN(c2ccc(C(=O)Nc3ccc4c(c3)NC(=O)CS4)cc2)CC1.